The van der Waals surface area contributed by atoms with E-state index in [4.69, 9.17) is 0 Å². The van der Waals surface area contributed by atoms with Gasteiger partial charge in [-0.1, -0.05) is 13.8 Å². The van der Waals surface area contributed by atoms with Crippen molar-refractivity contribution in [1.82, 2.24) is 4.31 Å². The minimum absolute atomic E-state index is 0.141. The molecule has 0 bridgehead atoms. The molecule has 4 nitrogen and oxygen atoms in total. The van der Waals surface area contributed by atoms with Gasteiger partial charge in [-0.3, -0.25) is 0 Å². The van der Waals surface area contributed by atoms with Crippen molar-refractivity contribution in [2.45, 2.75) is 26.4 Å². The predicted octanol–water partition coefficient (Wildman–Crippen LogP) is 0.0388. The molecule has 5 heteroatoms. The lowest BCUT2D eigenvalue weighted by Gasteiger charge is -2.16. The van der Waals surface area contributed by atoms with E-state index < -0.39 is 16.1 Å². The van der Waals surface area contributed by atoms with E-state index in [1.165, 1.54) is 4.31 Å². The van der Waals surface area contributed by atoms with E-state index in [2.05, 4.69) is 0 Å². The molecule has 1 atom stereocenters. The lowest BCUT2D eigenvalue weighted by molar-refractivity contribution is 0.189. The van der Waals surface area contributed by atoms with Crippen LogP contribution >= 0.6 is 0 Å². The third-order valence-electron chi connectivity index (χ3n) is 2.06. The predicted molar refractivity (Wildman–Crippen MR) is 50.8 cm³/mol. The molecule has 78 valence electrons. The number of aliphatic hydroxyl groups excluding tert-OH is 1. The maximum Gasteiger partial charge on any atom is 0.214 e. The Balaban J connectivity index is 2.60. The van der Waals surface area contributed by atoms with Crippen LogP contribution in [0.25, 0.3) is 0 Å². The fourth-order valence-corrected chi connectivity index (χ4v) is 3.33. The van der Waals surface area contributed by atoms with E-state index in [1.54, 1.807) is 0 Å². The van der Waals surface area contributed by atoms with E-state index in [-0.39, 0.29) is 18.2 Å². The Bertz CT molecular complexity index is 261. The largest absolute Gasteiger partial charge is 0.392 e. The van der Waals surface area contributed by atoms with Gasteiger partial charge in [-0.05, 0) is 12.3 Å². The number of hydrogen-bond donors (Lipinski definition) is 1. The summed E-state index contributed by atoms with van der Waals surface area (Å²) in [5.41, 5.74) is 0. The number of nitrogens with zero attached hydrogens (tertiary/aromatic N) is 1. The van der Waals surface area contributed by atoms with Gasteiger partial charge in [0.2, 0.25) is 10.0 Å². The molecular formula is C8H17NO3S. The first-order chi connectivity index (χ1) is 5.92. The molecule has 0 radical (unpaired) electrons. The van der Waals surface area contributed by atoms with Gasteiger partial charge >= 0.3 is 0 Å². The molecule has 13 heavy (non-hydrogen) atoms. The van der Waals surface area contributed by atoms with Crippen LogP contribution in [-0.4, -0.2) is 42.8 Å². The van der Waals surface area contributed by atoms with Gasteiger partial charge in [-0.2, -0.15) is 4.31 Å². The van der Waals surface area contributed by atoms with Crippen LogP contribution in [-0.2, 0) is 10.0 Å². The minimum atomic E-state index is -3.12. The van der Waals surface area contributed by atoms with Gasteiger partial charge in [0, 0.05) is 13.1 Å². The third kappa shape index (κ3) is 2.93. The van der Waals surface area contributed by atoms with Crippen LogP contribution < -0.4 is 0 Å². The molecule has 1 heterocycles. The van der Waals surface area contributed by atoms with E-state index in [1.807, 2.05) is 13.8 Å². The van der Waals surface area contributed by atoms with Crippen molar-refractivity contribution in [3.05, 3.63) is 0 Å². The van der Waals surface area contributed by atoms with Gasteiger partial charge in [-0.25, -0.2) is 8.42 Å². The molecule has 1 aliphatic rings. The number of rotatable bonds is 3. The summed E-state index contributed by atoms with van der Waals surface area (Å²) >= 11 is 0. The summed E-state index contributed by atoms with van der Waals surface area (Å²) in [6.07, 6.45) is 0.0964. The fourth-order valence-electron chi connectivity index (χ4n) is 1.49. The Morgan fingerprint density at radius 1 is 1.54 bits per heavy atom. The highest BCUT2D eigenvalue weighted by molar-refractivity contribution is 7.89. The first kappa shape index (κ1) is 10.9. The van der Waals surface area contributed by atoms with E-state index >= 15 is 0 Å². The Labute approximate surface area is 79.6 Å². The second-order valence-corrected chi connectivity index (χ2v) is 5.99. The van der Waals surface area contributed by atoms with Crippen molar-refractivity contribution in [3.63, 3.8) is 0 Å². The van der Waals surface area contributed by atoms with Crippen molar-refractivity contribution in [2.24, 2.45) is 5.92 Å². The van der Waals surface area contributed by atoms with Gasteiger partial charge in [0.15, 0.2) is 0 Å². The molecule has 0 amide bonds. The summed E-state index contributed by atoms with van der Waals surface area (Å²) in [5.74, 6) is 0.322. The Kier molecular flexibility index (Phi) is 3.32. The second kappa shape index (κ2) is 3.94. The van der Waals surface area contributed by atoms with Crippen LogP contribution in [0.5, 0.6) is 0 Å². The smallest absolute Gasteiger partial charge is 0.214 e. The molecule has 0 saturated carbocycles. The zero-order valence-corrected chi connectivity index (χ0v) is 8.92. The summed E-state index contributed by atoms with van der Waals surface area (Å²) < 4.78 is 24.6. The molecule has 1 saturated heterocycles. The monoisotopic (exact) mass is 207 g/mol. The molecule has 1 N–H and O–H groups in total. The van der Waals surface area contributed by atoms with E-state index in [0.717, 1.165) is 0 Å². The molecule has 0 aromatic rings. The average molecular weight is 207 g/mol. The van der Waals surface area contributed by atoms with Crippen molar-refractivity contribution >= 4 is 10.0 Å². The van der Waals surface area contributed by atoms with Crippen LogP contribution in [0.15, 0.2) is 0 Å². The molecule has 0 spiro atoms. The van der Waals surface area contributed by atoms with Crippen LogP contribution in [0.2, 0.25) is 0 Å². The van der Waals surface area contributed by atoms with Gasteiger partial charge in [-0.15, -0.1) is 0 Å². The Hall–Kier alpha value is -0.130. The summed E-state index contributed by atoms with van der Waals surface area (Å²) in [7, 11) is -3.12. The summed E-state index contributed by atoms with van der Waals surface area (Å²) in [6, 6.07) is 0. The SMILES string of the molecule is CC(C)CS(=O)(=O)N1CCC(O)C1. The zero-order chi connectivity index (χ0) is 10.1. The summed E-state index contributed by atoms with van der Waals surface area (Å²) in [6.45, 7) is 4.50. The number of hydrogen-bond acceptors (Lipinski definition) is 3. The van der Waals surface area contributed by atoms with Gasteiger partial charge in [0.05, 0.1) is 11.9 Å². The van der Waals surface area contributed by atoms with Gasteiger partial charge in [0.1, 0.15) is 0 Å². The maximum atomic E-state index is 11.6. The number of sulfonamides is 1. The lowest BCUT2D eigenvalue weighted by Crippen LogP contribution is -2.33. The normalized spacial score (nSPS) is 25.7. The highest BCUT2D eigenvalue weighted by atomic mass is 32.2. The van der Waals surface area contributed by atoms with Crippen LogP contribution in [0, 0.1) is 5.92 Å². The third-order valence-corrected chi connectivity index (χ3v) is 4.27. The fraction of sp³-hybridized carbons (Fsp3) is 1.00. The molecule has 1 rings (SSSR count). The molecule has 1 unspecified atom stereocenters. The molecule has 0 aromatic heterocycles. The van der Waals surface area contributed by atoms with Crippen molar-refractivity contribution in [2.75, 3.05) is 18.8 Å². The van der Waals surface area contributed by atoms with E-state index in [0.29, 0.717) is 13.0 Å². The first-order valence-electron chi connectivity index (χ1n) is 4.57. The summed E-state index contributed by atoms with van der Waals surface area (Å²) in [4.78, 5) is 0. The quantitative estimate of drug-likeness (QED) is 0.711. The lowest BCUT2D eigenvalue weighted by atomic mass is 10.3. The second-order valence-electron chi connectivity index (χ2n) is 3.97. The number of aliphatic hydroxyl groups is 1. The zero-order valence-electron chi connectivity index (χ0n) is 8.10. The number of β-amino-alcohol motifs (C(OH)–C–C–N with tert-alkyl or cyclic N) is 1. The van der Waals surface area contributed by atoms with Gasteiger partial charge in [0.25, 0.3) is 0 Å². The van der Waals surface area contributed by atoms with Crippen LogP contribution in [0.4, 0.5) is 0 Å². The highest BCUT2D eigenvalue weighted by Gasteiger charge is 2.30. The Morgan fingerprint density at radius 2 is 2.15 bits per heavy atom. The van der Waals surface area contributed by atoms with Crippen molar-refractivity contribution in [3.8, 4) is 0 Å². The van der Waals surface area contributed by atoms with E-state index in [9.17, 15) is 13.5 Å². The van der Waals surface area contributed by atoms with Crippen molar-refractivity contribution in [1.29, 1.82) is 0 Å². The molecule has 0 aromatic carbocycles. The first-order valence-corrected chi connectivity index (χ1v) is 6.18. The molecule has 0 aliphatic carbocycles. The standard InChI is InChI=1S/C8H17NO3S/c1-7(2)6-13(11,12)9-4-3-8(10)5-9/h7-8,10H,3-6H2,1-2H3. The minimum Gasteiger partial charge on any atom is -0.392 e. The molecule has 1 aliphatic heterocycles. The van der Waals surface area contributed by atoms with Crippen LogP contribution in [0.1, 0.15) is 20.3 Å². The molecule has 1 fully saturated rings. The average Bonchev–Trinajstić information content (AvgIpc) is 2.32. The highest BCUT2D eigenvalue weighted by Crippen LogP contribution is 2.15. The van der Waals surface area contributed by atoms with Gasteiger partial charge < -0.3 is 5.11 Å². The molecular weight excluding hydrogens is 190 g/mol. The maximum absolute atomic E-state index is 11.6. The Morgan fingerprint density at radius 3 is 2.54 bits per heavy atom. The van der Waals surface area contributed by atoms with Crippen LogP contribution in [0.3, 0.4) is 0 Å². The summed E-state index contributed by atoms with van der Waals surface area (Å²) in [5, 5.41) is 9.19. The van der Waals surface area contributed by atoms with Crippen molar-refractivity contribution < 1.29 is 13.5 Å². The topological polar surface area (TPSA) is 57.6 Å².